The maximum Gasteiger partial charge on any atom is 1.00 e. The van der Waals surface area contributed by atoms with Crippen LogP contribution in [0.4, 0.5) is 0 Å². The summed E-state index contributed by atoms with van der Waals surface area (Å²) in [5.41, 5.74) is 0. The minimum atomic E-state index is 0. The molecular formula is C12H9KOS. The first kappa shape index (κ1) is 13.2. The molecule has 3 heteroatoms. The normalized spacial score (nSPS) is 9.07. The molecule has 2 aromatic rings. The summed E-state index contributed by atoms with van der Waals surface area (Å²) in [4.78, 5) is 0.824. The second-order valence-electron chi connectivity index (χ2n) is 2.89. The van der Waals surface area contributed by atoms with Crippen LogP contribution in [0.3, 0.4) is 0 Å². The molecule has 0 saturated heterocycles. The van der Waals surface area contributed by atoms with E-state index in [2.05, 4.69) is 0 Å². The summed E-state index contributed by atoms with van der Waals surface area (Å²) in [7, 11) is 0. The molecule has 0 saturated carbocycles. The Hall–Kier alpha value is 0.0964. The van der Waals surface area contributed by atoms with Crippen LogP contribution < -0.4 is 56.1 Å². The van der Waals surface area contributed by atoms with E-state index in [1.807, 2.05) is 54.6 Å². The fourth-order valence-corrected chi connectivity index (χ4v) is 1.27. The Labute approximate surface area is 138 Å². The van der Waals surface area contributed by atoms with Crippen molar-refractivity contribution in [3.05, 3.63) is 54.6 Å². The van der Waals surface area contributed by atoms with Crippen LogP contribution in [-0.2, 0) is 12.6 Å². The first-order valence-corrected chi connectivity index (χ1v) is 4.75. The van der Waals surface area contributed by atoms with Crippen molar-refractivity contribution in [2.45, 2.75) is 4.90 Å². The molecule has 0 amide bonds. The maximum absolute atomic E-state index is 5.59. The van der Waals surface area contributed by atoms with Crippen LogP contribution >= 0.6 is 0 Å². The number of para-hydroxylation sites is 1. The zero-order valence-corrected chi connectivity index (χ0v) is 12.5. The third-order valence-electron chi connectivity index (χ3n) is 1.80. The second kappa shape index (κ2) is 6.63. The van der Waals surface area contributed by atoms with E-state index < -0.39 is 0 Å². The second-order valence-corrected chi connectivity index (χ2v) is 3.36. The van der Waals surface area contributed by atoms with Crippen LogP contribution in [0.1, 0.15) is 0 Å². The molecule has 0 fully saturated rings. The summed E-state index contributed by atoms with van der Waals surface area (Å²) in [5.74, 6) is 1.65. The number of benzene rings is 2. The predicted molar refractivity (Wildman–Crippen MR) is 58.6 cm³/mol. The fraction of sp³-hybridized carbons (Fsp3) is 0. The summed E-state index contributed by atoms with van der Waals surface area (Å²) < 4.78 is 5.59. The number of hydrogen-bond donors (Lipinski definition) is 0. The van der Waals surface area contributed by atoms with E-state index in [1.165, 1.54) is 0 Å². The Kier molecular flexibility index (Phi) is 5.82. The van der Waals surface area contributed by atoms with E-state index in [-0.39, 0.29) is 51.4 Å². The smallest absolute Gasteiger partial charge is 0.780 e. The summed E-state index contributed by atoms with van der Waals surface area (Å²) in [6.45, 7) is 0. The average molecular weight is 240 g/mol. The van der Waals surface area contributed by atoms with Crippen molar-refractivity contribution in [2.24, 2.45) is 0 Å². The van der Waals surface area contributed by atoms with Gasteiger partial charge in [-0.1, -0.05) is 30.3 Å². The molecule has 70 valence electrons. The third-order valence-corrected chi connectivity index (χ3v) is 2.07. The van der Waals surface area contributed by atoms with Gasteiger partial charge in [-0.15, -0.1) is 0 Å². The quantitative estimate of drug-likeness (QED) is 0.555. The van der Waals surface area contributed by atoms with Gasteiger partial charge in [-0.25, -0.2) is 0 Å². The average Bonchev–Trinajstić information content (AvgIpc) is 2.23. The Bertz CT molecular complexity index is 400. The standard InChI is InChI=1S/C12H10OS.K/c14-12-8-6-11(7-9-12)13-10-4-2-1-3-5-10;/h1-9,14H;/q;+1/p-1. The first-order chi connectivity index (χ1) is 6.84. The minimum absolute atomic E-state index is 0. The topological polar surface area (TPSA) is 9.23 Å². The van der Waals surface area contributed by atoms with Crippen molar-refractivity contribution in [3.8, 4) is 11.5 Å². The molecule has 1 nitrogen and oxygen atoms in total. The van der Waals surface area contributed by atoms with Gasteiger partial charge in [0, 0.05) is 0 Å². The van der Waals surface area contributed by atoms with E-state index in [4.69, 9.17) is 17.4 Å². The molecule has 0 aliphatic carbocycles. The zero-order valence-electron chi connectivity index (χ0n) is 8.51. The van der Waals surface area contributed by atoms with Gasteiger partial charge < -0.3 is 17.4 Å². The van der Waals surface area contributed by atoms with Crippen molar-refractivity contribution in [3.63, 3.8) is 0 Å². The zero-order chi connectivity index (χ0) is 9.80. The van der Waals surface area contributed by atoms with E-state index in [9.17, 15) is 0 Å². The Morgan fingerprint density at radius 1 is 0.733 bits per heavy atom. The molecule has 0 spiro atoms. The minimum Gasteiger partial charge on any atom is -0.780 e. The SMILES string of the molecule is [K+].[S-]c1ccc(Oc2ccccc2)cc1. The number of ether oxygens (including phenoxy) is 1. The van der Waals surface area contributed by atoms with E-state index >= 15 is 0 Å². The van der Waals surface area contributed by atoms with E-state index in [0.29, 0.717) is 0 Å². The van der Waals surface area contributed by atoms with Gasteiger partial charge in [0.1, 0.15) is 11.5 Å². The molecule has 2 rings (SSSR count). The summed E-state index contributed by atoms with van der Waals surface area (Å²) in [6.07, 6.45) is 0. The van der Waals surface area contributed by atoms with Crippen molar-refractivity contribution in [2.75, 3.05) is 0 Å². The van der Waals surface area contributed by atoms with E-state index in [0.717, 1.165) is 16.4 Å². The molecule has 0 aliphatic rings. The van der Waals surface area contributed by atoms with Crippen molar-refractivity contribution in [1.82, 2.24) is 0 Å². The van der Waals surface area contributed by atoms with Gasteiger partial charge in [-0.3, -0.25) is 0 Å². The molecule has 0 aliphatic heterocycles. The van der Waals surface area contributed by atoms with Crippen LogP contribution in [0.2, 0.25) is 0 Å². The van der Waals surface area contributed by atoms with Crippen LogP contribution in [-0.4, -0.2) is 0 Å². The van der Waals surface area contributed by atoms with Crippen LogP contribution in [0.5, 0.6) is 11.5 Å². The maximum atomic E-state index is 5.59. The number of hydrogen-bond acceptors (Lipinski definition) is 2. The van der Waals surface area contributed by atoms with Gasteiger partial charge in [0.25, 0.3) is 0 Å². The molecule has 0 heterocycles. The monoisotopic (exact) mass is 240 g/mol. The molecule has 0 aromatic heterocycles. The summed E-state index contributed by atoms with van der Waals surface area (Å²) in [5, 5.41) is 0. The predicted octanol–water partition coefficient (Wildman–Crippen LogP) is 0.389. The van der Waals surface area contributed by atoms with Gasteiger partial charge in [0.2, 0.25) is 0 Å². The third kappa shape index (κ3) is 4.22. The first-order valence-electron chi connectivity index (χ1n) is 4.34. The van der Waals surface area contributed by atoms with Crippen LogP contribution in [0.15, 0.2) is 59.5 Å². The fourth-order valence-electron chi connectivity index (χ4n) is 1.13. The van der Waals surface area contributed by atoms with Gasteiger partial charge in [-0.2, -0.15) is 4.90 Å². The van der Waals surface area contributed by atoms with Crippen molar-refractivity contribution < 1.29 is 56.1 Å². The molecular weight excluding hydrogens is 231 g/mol. The van der Waals surface area contributed by atoms with Gasteiger partial charge in [0.15, 0.2) is 0 Å². The summed E-state index contributed by atoms with van der Waals surface area (Å²) >= 11 is 4.98. The van der Waals surface area contributed by atoms with Crippen molar-refractivity contribution in [1.29, 1.82) is 0 Å². The largest absolute Gasteiger partial charge is 1.00 e. The van der Waals surface area contributed by atoms with Crippen LogP contribution in [0, 0.1) is 0 Å². The molecule has 0 radical (unpaired) electrons. The Morgan fingerprint density at radius 2 is 1.27 bits per heavy atom. The Morgan fingerprint density at radius 3 is 1.87 bits per heavy atom. The van der Waals surface area contributed by atoms with Gasteiger partial charge in [0.05, 0.1) is 0 Å². The summed E-state index contributed by atoms with van der Waals surface area (Å²) in [6, 6.07) is 17.1. The molecule has 15 heavy (non-hydrogen) atoms. The molecule has 0 atom stereocenters. The molecule has 2 aromatic carbocycles. The van der Waals surface area contributed by atoms with Crippen LogP contribution in [0.25, 0.3) is 0 Å². The van der Waals surface area contributed by atoms with E-state index in [1.54, 1.807) is 0 Å². The molecule has 0 unspecified atom stereocenters. The van der Waals surface area contributed by atoms with Gasteiger partial charge >= 0.3 is 51.4 Å². The molecule has 0 bridgehead atoms. The number of rotatable bonds is 2. The van der Waals surface area contributed by atoms with Crippen molar-refractivity contribution >= 4 is 12.6 Å². The Balaban J connectivity index is 0.00000112. The molecule has 0 N–H and O–H groups in total. The van der Waals surface area contributed by atoms with Gasteiger partial charge in [-0.05, 0) is 24.3 Å².